The molecule has 82 valence electrons. The molecule has 1 aliphatic carbocycles. The van der Waals surface area contributed by atoms with E-state index in [1.54, 1.807) is 0 Å². The van der Waals surface area contributed by atoms with Gasteiger partial charge in [0.1, 0.15) is 4.88 Å². The summed E-state index contributed by atoms with van der Waals surface area (Å²) >= 11 is 1.14. The fourth-order valence-electron chi connectivity index (χ4n) is 2.08. The van der Waals surface area contributed by atoms with Crippen LogP contribution in [0.2, 0.25) is 0 Å². The number of aromatic nitrogens is 2. The van der Waals surface area contributed by atoms with E-state index in [1.165, 1.54) is 12.6 Å². The van der Waals surface area contributed by atoms with E-state index in [0.717, 1.165) is 24.4 Å². The number of nitrogens with zero attached hydrogens (tertiary/aromatic N) is 2. The lowest BCUT2D eigenvalue weighted by atomic mass is 9.92. The predicted octanol–water partition coefficient (Wildman–Crippen LogP) is 1.85. The molecule has 0 aromatic carbocycles. The first-order valence-electron chi connectivity index (χ1n) is 5.15. The van der Waals surface area contributed by atoms with Gasteiger partial charge in [-0.15, -0.1) is 5.10 Å². The van der Waals surface area contributed by atoms with Gasteiger partial charge in [0, 0.05) is 6.04 Å². The molecule has 0 radical (unpaired) electrons. The molecule has 1 fully saturated rings. The van der Waals surface area contributed by atoms with E-state index in [-0.39, 0.29) is 5.91 Å². The van der Waals surface area contributed by atoms with E-state index in [1.807, 2.05) is 0 Å². The lowest BCUT2D eigenvalue weighted by Gasteiger charge is -2.17. The van der Waals surface area contributed by atoms with Crippen LogP contribution < -0.4 is 5.32 Å². The molecule has 1 amide bonds. The highest BCUT2D eigenvalue weighted by atomic mass is 32.1. The molecule has 1 unspecified atom stereocenters. The van der Waals surface area contributed by atoms with Crippen molar-refractivity contribution in [3.8, 4) is 0 Å². The number of rotatable bonds is 2. The number of nitrogens with one attached hydrogen (secondary N) is 1. The van der Waals surface area contributed by atoms with Gasteiger partial charge in [0.2, 0.25) is 0 Å². The van der Waals surface area contributed by atoms with Gasteiger partial charge in [-0.1, -0.05) is 18.3 Å². The topological polar surface area (TPSA) is 54.9 Å². The van der Waals surface area contributed by atoms with Crippen molar-refractivity contribution in [3.05, 3.63) is 11.1 Å². The van der Waals surface area contributed by atoms with Gasteiger partial charge in [-0.3, -0.25) is 4.79 Å². The van der Waals surface area contributed by atoms with Crippen LogP contribution in [0.3, 0.4) is 0 Å². The standard InChI is InChI=1S/C10H15N3OS/c1-10(2)4-3-7(5-10)12-9(14)8-6-11-13-15-8/h6-7H,3-5H2,1-2H3,(H,12,14). The van der Waals surface area contributed by atoms with Crippen LogP contribution in [0.5, 0.6) is 0 Å². The number of hydrogen-bond acceptors (Lipinski definition) is 4. The molecule has 1 heterocycles. The van der Waals surface area contributed by atoms with Gasteiger partial charge in [-0.2, -0.15) is 0 Å². The molecule has 0 aliphatic heterocycles. The van der Waals surface area contributed by atoms with Crippen LogP contribution in [0.1, 0.15) is 42.8 Å². The second kappa shape index (κ2) is 3.89. The van der Waals surface area contributed by atoms with Crippen molar-refractivity contribution < 1.29 is 4.79 Å². The lowest BCUT2D eigenvalue weighted by molar-refractivity contribution is 0.0940. The Morgan fingerprint density at radius 2 is 2.47 bits per heavy atom. The van der Waals surface area contributed by atoms with E-state index in [4.69, 9.17) is 0 Å². The Morgan fingerprint density at radius 1 is 1.67 bits per heavy atom. The first-order chi connectivity index (χ1) is 7.07. The molecule has 0 spiro atoms. The van der Waals surface area contributed by atoms with Crippen molar-refractivity contribution in [2.24, 2.45) is 5.41 Å². The number of carbonyl (C=O) groups excluding carboxylic acids is 1. The van der Waals surface area contributed by atoms with Gasteiger partial charge >= 0.3 is 0 Å². The van der Waals surface area contributed by atoms with Crippen molar-refractivity contribution in [2.45, 2.75) is 39.2 Å². The Balaban J connectivity index is 1.91. The Morgan fingerprint density at radius 3 is 3.00 bits per heavy atom. The van der Waals surface area contributed by atoms with Gasteiger partial charge < -0.3 is 5.32 Å². The molecule has 1 aliphatic rings. The van der Waals surface area contributed by atoms with Crippen LogP contribution in [0, 0.1) is 5.41 Å². The van der Waals surface area contributed by atoms with E-state index in [9.17, 15) is 4.79 Å². The molecule has 1 N–H and O–H groups in total. The van der Waals surface area contributed by atoms with Crippen molar-refractivity contribution in [3.63, 3.8) is 0 Å². The third-order valence-corrected chi connectivity index (χ3v) is 3.55. The third-order valence-electron chi connectivity index (χ3n) is 2.89. The van der Waals surface area contributed by atoms with Crippen LogP contribution in [-0.2, 0) is 0 Å². The number of hydrogen-bond donors (Lipinski definition) is 1. The highest BCUT2D eigenvalue weighted by molar-refractivity contribution is 7.07. The number of carbonyl (C=O) groups is 1. The summed E-state index contributed by atoms with van der Waals surface area (Å²) in [6.45, 7) is 4.49. The van der Waals surface area contributed by atoms with Gasteiger partial charge in [-0.25, -0.2) is 0 Å². The van der Waals surface area contributed by atoms with Crippen LogP contribution in [0.25, 0.3) is 0 Å². The Hall–Kier alpha value is -0.970. The molecule has 5 heteroatoms. The molecule has 0 bridgehead atoms. The maximum atomic E-state index is 11.7. The number of amides is 1. The van der Waals surface area contributed by atoms with E-state index in [2.05, 4.69) is 28.8 Å². The molecule has 2 rings (SSSR count). The van der Waals surface area contributed by atoms with E-state index >= 15 is 0 Å². The minimum atomic E-state index is -0.0345. The molecule has 0 saturated heterocycles. The monoisotopic (exact) mass is 225 g/mol. The average Bonchev–Trinajstić information content (AvgIpc) is 2.74. The van der Waals surface area contributed by atoms with Crippen molar-refractivity contribution >= 4 is 17.4 Å². The summed E-state index contributed by atoms with van der Waals surface area (Å²) in [7, 11) is 0. The third kappa shape index (κ3) is 2.53. The molecule has 1 aromatic heterocycles. The molecule has 4 nitrogen and oxygen atoms in total. The summed E-state index contributed by atoms with van der Waals surface area (Å²) in [4.78, 5) is 12.3. The SMILES string of the molecule is CC1(C)CCC(NC(=O)c2cnns2)C1. The highest BCUT2D eigenvalue weighted by Crippen LogP contribution is 2.36. The predicted molar refractivity (Wildman–Crippen MR) is 58.8 cm³/mol. The minimum absolute atomic E-state index is 0.0345. The van der Waals surface area contributed by atoms with Crippen LogP contribution in [0.15, 0.2) is 6.20 Å². The summed E-state index contributed by atoms with van der Waals surface area (Å²) in [5.74, 6) is -0.0345. The summed E-state index contributed by atoms with van der Waals surface area (Å²) in [5, 5.41) is 6.68. The Kier molecular flexibility index (Phi) is 2.73. The second-order valence-corrected chi connectivity index (χ2v) is 5.64. The first kappa shape index (κ1) is 10.5. The second-order valence-electron chi connectivity index (χ2n) is 4.86. The molecule has 15 heavy (non-hydrogen) atoms. The summed E-state index contributed by atoms with van der Waals surface area (Å²) in [6.07, 6.45) is 4.83. The lowest BCUT2D eigenvalue weighted by Crippen LogP contribution is -2.33. The maximum Gasteiger partial charge on any atom is 0.264 e. The van der Waals surface area contributed by atoms with E-state index in [0.29, 0.717) is 16.3 Å². The van der Waals surface area contributed by atoms with Crippen LogP contribution in [0.4, 0.5) is 0 Å². The zero-order valence-electron chi connectivity index (χ0n) is 8.99. The minimum Gasteiger partial charge on any atom is -0.348 e. The van der Waals surface area contributed by atoms with Crippen molar-refractivity contribution in [1.82, 2.24) is 14.9 Å². The zero-order chi connectivity index (χ0) is 10.9. The zero-order valence-corrected chi connectivity index (χ0v) is 9.80. The van der Waals surface area contributed by atoms with E-state index < -0.39 is 0 Å². The summed E-state index contributed by atoms with van der Waals surface area (Å²) in [6, 6.07) is 0.314. The molecular weight excluding hydrogens is 210 g/mol. The van der Waals surface area contributed by atoms with Gasteiger partial charge in [0.15, 0.2) is 0 Å². The molecule has 1 saturated carbocycles. The van der Waals surface area contributed by atoms with Gasteiger partial charge in [0.25, 0.3) is 5.91 Å². The Labute approximate surface area is 93.2 Å². The van der Waals surface area contributed by atoms with Crippen molar-refractivity contribution in [2.75, 3.05) is 0 Å². The first-order valence-corrected chi connectivity index (χ1v) is 5.92. The van der Waals surface area contributed by atoms with Crippen molar-refractivity contribution in [1.29, 1.82) is 0 Å². The fraction of sp³-hybridized carbons (Fsp3) is 0.700. The maximum absolute atomic E-state index is 11.7. The molecule has 1 atom stereocenters. The highest BCUT2D eigenvalue weighted by Gasteiger charge is 2.31. The van der Waals surface area contributed by atoms with Crippen LogP contribution >= 0.6 is 11.5 Å². The molecular formula is C10H15N3OS. The smallest absolute Gasteiger partial charge is 0.264 e. The van der Waals surface area contributed by atoms with Gasteiger partial charge in [-0.05, 0) is 36.2 Å². The Bertz CT molecular complexity index is 348. The summed E-state index contributed by atoms with van der Waals surface area (Å²) in [5.41, 5.74) is 0.365. The molecule has 1 aromatic rings. The van der Waals surface area contributed by atoms with Gasteiger partial charge in [0.05, 0.1) is 6.20 Å². The normalized spacial score (nSPS) is 24.0. The fourth-order valence-corrected chi connectivity index (χ4v) is 2.50. The summed E-state index contributed by atoms with van der Waals surface area (Å²) < 4.78 is 3.68. The quantitative estimate of drug-likeness (QED) is 0.835. The van der Waals surface area contributed by atoms with Crippen LogP contribution in [-0.4, -0.2) is 21.5 Å². The average molecular weight is 225 g/mol. The largest absolute Gasteiger partial charge is 0.348 e.